The molecule has 11 heteroatoms. The van der Waals surface area contributed by atoms with Crippen LogP contribution >= 0.6 is 0 Å². The zero-order valence-electron chi connectivity index (χ0n) is 29.4. The molecule has 4 aromatic rings. The first-order chi connectivity index (χ1) is 24.3. The number of aliphatic hydroxyl groups is 1. The molecule has 0 saturated heterocycles. The van der Waals surface area contributed by atoms with E-state index in [1.54, 1.807) is 52.0 Å². The molecule has 1 aromatic heterocycles. The van der Waals surface area contributed by atoms with E-state index in [1.807, 2.05) is 49.1 Å². The molecule has 1 unspecified atom stereocenters. The summed E-state index contributed by atoms with van der Waals surface area (Å²) in [4.78, 5) is 45.0. The minimum absolute atomic E-state index is 0.142. The highest BCUT2D eigenvalue weighted by Gasteiger charge is 2.32. The lowest BCUT2D eigenvalue weighted by atomic mass is 9.93. The molecule has 5 rings (SSSR count). The number of nitrogens with zero attached hydrogens (tertiary/aromatic N) is 4. The topological polar surface area (TPSA) is 129 Å². The maximum atomic E-state index is 14.6. The second kappa shape index (κ2) is 17.0. The second-order valence-electron chi connectivity index (χ2n) is 12.6. The summed E-state index contributed by atoms with van der Waals surface area (Å²) < 4.78 is 7.27. The fourth-order valence-corrected chi connectivity index (χ4v) is 6.25. The Kier molecular flexibility index (Phi) is 12.3. The van der Waals surface area contributed by atoms with E-state index in [0.29, 0.717) is 66.9 Å². The zero-order valence-corrected chi connectivity index (χ0v) is 29.4. The molecule has 0 aliphatic carbocycles. The van der Waals surface area contributed by atoms with Crippen LogP contribution in [0.4, 0.5) is 16.2 Å². The van der Waals surface area contributed by atoms with Gasteiger partial charge in [-0.2, -0.15) is 5.10 Å². The van der Waals surface area contributed by atoms with Gasteiger partial charge in [0.2, 0.25) is 0 Å². The van der Waals surface area contributed by atoms with Crippen molar-refractivity contribution < 1.29 is 24.2 Å². The molecular formula is C39H48N6O5. The van der Waals surface area contributed by atoms with Crippen LogP contribution in [0.3, 0.4) is 0 Å². The van der Waals surface area contributed by atoms with Gasteiger partial charge in [-0.05, 0) is 80.6 Å². The van der Waals surface area contributed by atoms with Crippen molar-refractivity contribution in [2.45, 2.75) is 72.4 Å². The zero-order chi connectivity index (χ0) is 35.6. The summed E-state index contributed by atoms with van der Waals surface area (Å²) in [6.07, 6.45) is 4.26. The van der Waals surface area contributed by atoms with Crippen molar-refractivity contribution in [2.24, 2.45) is 0 Å². The van der Waals surface area contributed by atoms with Gasteiger partial charge in [0.15, 0.2) is 5.69 Å². The summed E-state index contributed by atoms with van der Waals surface area (Å²) in [6, 6.07) is 20.9. The summed E-state index contributed by atoms with van der Waals surface area (Å²) in [5.41, 5.74) is 4.72. The van der Waals surface area contributed by atoms with Crippen LogP contribution in [0.2, 0.25) is 0 Å². The lowest BCUT2D eigenvalue weighted by Crippen LogP contribution is -2.46. The number of aliphatic hydroxyl groups excluding tert-OH is 1. The van der Waals surface area contributed by atoms with E-state index in [-0.39, 0.29) is 24.0 Å². The summed E-state index contributed by atoms with van der Waals surface area (Å²) in [7, 11) is 0. The molecule has 3 aromatic carbocycles. The van der Waals surface area contributed by atoms with Gasteiger partial charge in [-0.25, -0.2) is 9.48 Å². The number of hydrogen-bond acceptors (Lipinski definition) is 6. The number of unbranched alkanes of at least 4 members (excludes halogenated alkanes) is 2. The Balaban J connectivity index is 1.51. The number of carbonyl (C=O) groups is 3. The Hall–Kier alpha value is -5.16. The fraction of sp³-hybridized carbons (Fsp3) is 0.385. The maximum Gasteiger partial charge on any atom is 0.323 e. The van der Waals surface area contributed by atoms with Crippen LogP contribution in [-0.2, 0) is 13.0 Å². The summed E-state index contributed by atoms with van der Waals surface area (Å²) in [5, 5.41) is 20.8. The molecule has 264 valence electrons. The molecule has 11 nitrogen and oxygen atoms in total. The molecule has 4 amide bonds. The number of hydrogen-bond donors (Lipinski definition) is 3. The number of anilines is 2. The van der Waals surface area contributed by atoms with Crippen molar-refractivity contribution in [3.8, 4) is 11.4 Å². The van der Waals surface area contributed by atoms with Gasteiger partial charge in [0.05, 0.1) is 36.2 Å². The van der Waals surface area contributed by atoms with Crippen LogP contribution in [0.25, 0.3) is 5.69 Å². The van der Waals surface area contributed by atoms with Gasteiger partial charge in [0, 0.05) is 31.0 Å². The molecule has 1 aliphatic heterocycles. The number of ether oxygens (including phenoxy) is 1. The third-order valence-corrected chi connectivity index (χ3v) is 8.93. The van der Waals surface area contributed by atoms with Gasteiger partial charge in [0.25, 0.3) is 11.8 Å². The third-order valence-electron chi connectivity index (χ3n) is 8.93. The average molecular weight is 681 g/mol. The van der Waals surface area contributed by atoms with Gasteiger partial charge < -0.3 is 30.3 Å². The summed E-state index contributed by atoms with van der Waals surface area (Å²) in [5.74, 6) is 0.0748. The second-order valence-corrected chi connectivity index (χ2v) is 12.6. The van der Waals surface area contributed by atoms with Gasteiger partial charge in [-0.3, -0.25) is 9.59 Å². The molecule has 1 aliphatic rings. The highest BCUT2D eigenvalue weighted by molar-refractivity contribution is 6.03. The molecule has 0 fully saturated rings. The first-order valence-electron chi connectivity index (χ1n) is 17.6. The molecule has 0 spiro atoms. The van der Waals surface area contributed by atoms with Crippen molar-refractivity contribution in [3.05, 3.63) is 101 Å². The van der Waals surface area contributed by atoms with Crippen molar-refractivity contribution in [2.75, 3.05) is 36.9 Å². The predicted molar refractivity (Wildman–Crippen MR) is 195 cm³/mol. The number of aryl methyl sites for hydroxylation is 1. The maximum absolute atomic E-state index is 14.6. The fourth-order valence-electron chi connectivity index (χ4n) is 6.25. The molecule has 3 N–H and O–H groups in total. The lowest BCUT2D eigenvalue weighted by Gasteiger charge is -2.36. The van der Waals surface area contributed by atoms with E-state index < -0.39 is 12.1 Å². The Labute approximate surface area is 294 Å². The first-order valence-corrected chi connectivity index (χ1v) is 17.6. The standard InChI is InChI=1S/C39H48N6O5/c1-5-8-20-43(21-9-6-2)38(48)34-22-27(4)45(42-34)35-19-18-30(40-39(49)41-33-16-12-13-17-36(33)50-7-3)24-32(35)37(47)44-25-29-15-11-10-14-28(29)23-31(44)26-46/h10-19,22,24,31,46H,5-9,20-21,23,25-26H2,1-4H3,(H2,40,41,49). The van der Waals surface area contributed by atoms with Crippen molar-refractivity contribution in [1.82, 2.24) is 19.6 Å². The number of amides is 4. The van der Waals surface area contributed by atoms with E-state index in [0.717, 1.165) is 36.8 Å². The summed E-state index contributed by atoms with van der Waals surface area (Å²) in [6.45, 7) is 9.78. The average Bonchev–Trinajstić information content (AvgIpc) is 3.52. The highest BCUT2D eigenvalue weighted by Crippen LogP contribution is 2.30. The first kappa shape index (κ1) is 36.1. The predicted octanol–water partition coefficient (Wildman–Crippen LogP) is 6.83. The minimum atomic E-state index is -0.508. The third kappa shape index (κ3) is 8.34. The van der Waals surface area contributed by atoms with Crippen LogP contribution < -0.4 is 15.4 Å². The lowest BCUT2D eigenvalue weighted by molar-refractivity contribution is 0.0544. The van der Waals surface area contributed by atoms with Crippen LogP contribution in [0.15, 0.2) is 72.8 Å². The van der Waals surface area contributed by atoms with E-state index in [2.05, 4.69) is 24.5 Å². The number of urea groups is 1. The van der Waals surface area contributed by atoms with Crippen molar-refractivity contribution >= 4 is 29.2 Å². The Bertz CT molecular complexity index is 1800. The summed E-state index contributed by atoms with van der Waals surface area (Å²) >= 11 is 0. The number of carbonyl (C=O) groups excluding carboxylic acids is 3. The van der Waals surface area contributed by atoms with Crippen molar-refractivity contribution in [1.29, 1.82) is 0 Å². The molecule has 50 heavy (non-hydrogen) atoms. The molecule has 2 heterocycles. The monoisotopic (exact) mass is 680 g/mol. The molecule has 0 bridgehead atoms. The Morgan fingerprint density at radius 1 is 0.920 bits per heavy atom. The highest BCUT2D eigenvalue weighted by atomic mass is 16.5. The van der Waals surface area contributed by atoms with Crippen molar-refractivity contribution in [3.63, 3.8) is 0 Å². The van der Waals surface area contributed by atoms with Gasteiger partial charge in [-0.15, -0.1) is 0 Å². The van der Waals surface area contributed by atoms with E-state index in [4.69, 9.17) is 9.84 Å². The normalized spacial score (nSPS) is 13.8. The SMILES string of the molecule is CCCCN(CCCC)C(=O)c1cc(C)n(-c2ccc(NC(=O)Nc3ccccc3OCC)cc2C(=O)N2Cc3ccccc3CC2CO)n1. The number of nitrogens with one attached hydrogen (secondary N) is 2. The van der Waals surface area contributed by atoms with Crippen LogP contribution in [-0.4, -0.2) is 74.9 Å². The Morgan fingerprint density at radius 2 is 1.62 bits per heavy atom. The quantitative estimate of drug-likeness (QED) is 0.134. The molecule has 0 saturated carbocycles. The number of rotatable bonds is 14. The molecular weight excluding hydrogens is 632 g/mol. The molecule has 0 radical (unpaired) electrons. The molecule has 1 atom stereocenters. The largest absolute Gasteiger partial charge is 0.492 e. The van der Waals surface area contributed by atoms with E-state index >= 15 is 0 Å². The van der Waals surface area contributed by atoms with Gasteiger partial charge in [0.1, 0.15) is 5.75 Å². The smallest absolute Gasteiger partial charge is 0.323 e. The van der Waals surface area contributed by atoms with Crippen LogP contribution in [0.1, 0.15) is 84.1 Å². The van der Waals surface area contributed by atoms with E-state index in [9.17, 15) is 19.5 Å². The number of aromatic nitrogens is 2. The number of fused-ring (bicyclic) bond motifs is 1. The van der Waals surface area contributed by atoms with Gasteiger partial charge in [-0.1, -0.05) is 63.1 Å². The van der Waals surface area contributed by atoms with Crippen LogP contribution in [0.5, 0.6) is 5.75 Å². The van der Waals surface area contributed by atoms with Gasteiger partial charge >= 0.3 is 6.03 Å². The number of benzene rings is 3. The number of para-hydroxylation sites is 2. The minimum Gasteiger partial charge on any atom is -0.492 e. The Morgan fingerprint density at radius 3 is 2.32 bits per heavy atom. The van der Waals surface area contributed by atoms with Crippen LogP contribution in [0, 0.1) is 6.92 Å². The van der Waals surface area contributed by atoms with E-state index in [1.165, 1.54) is 0 Å².